The second kappa shape index (κ2) is 12.2. The maximum absolute atomic E-state index is 12.3. The highest BCUT2D eigenvalue weighted by molar-refractivity contribution is 5.75. The first kappa shape index (κ1) is 25.3. The Labute approximate surface area is 192 Å². The monoisotopic (exact) mass is 440 g/mol. The van der Waals surface area contributed by atoms with Crippen LogP contribution in [0.2, 0.25) is 0 Å². The number of hydrogen-bond acceptors (Lipinski definition) is 5. The van der Waals surface area contributed by atoms with Crippen LogP contribution in [0.3, 0.4) is 0 Å². The summed E-state index contributed by atoms with van der Waals surface area (Å²) < 4.78 is 22.1. The van der Waals surface area contributed by atoms with Gasteiger partial charge in [0.15, 0.2) is 11.5 Å². The highest BCUT2D eigenvalue weighted by atomic mass is 16.5. The molecule has 174 valence electrons. The van der Waals surface area contributed by atoms with Gasteiger partial charge in [-0.05, 0) is 68.0 Å². The number of esters is 1. The zero-order valence-electron chi connectivity index (χ0n) is 20.1. The molecule has 0 aliphatic rings. The molecule has 5 nitrogen and oxygen atoms in total. The molecule has 0 fully saturated rings. The molecular formula is C27H36O5. The smallest absolute Gasteiger partial charge is 0.311 e. The molecule has 2 rings (SSSR count). The van der Waals surface area contributed by atoms with E-state index in [0.717, 1.165) is 23.3 Å². The van der Waals surface area contributed by atoms with Crippen molar-refractivity contribution in [1.29, 1.82) is 0 Å². The summed E-state index contributed by atoms with van der Waals surface area (Å²) in [6.45, 7) is 8.83. The van der Waals surface area contributed by atoms with Crippen molar-refractivity contribution in [2.45, 2.75) is 40.5 Å². The summed E-state index contributed by atoms with van der Waals surface area (Å²) >= 11 is 0. The molecule has 0 radical (unpaired) electrons. The average molecular weight is 441 g/mol. The third-order valence-electron chi connectivity index (χ3n) is 5.05. The van der Waals surface area contributed by atoms with Crippen LogP contribution in [0.25, 0.3) is 12.2 Å². The van der Waals surface area contributed by atoms with Gasteiger partial charge in [-0.3, -0.25) is 4.79 Å². The number of carbonyl (C=O) groups is 1. The molecule has 0 bridgehead atoms. The lowest BCUT2D eigenvalue weighted by molar-refractivity contribution is -0.155. The van der Waals surface area contributed by atoms with E-state index in [0.29, 0.717) is 37.1 Å². The van der Waals surface area contributed by atoms with Crippen molar-refractivity contribution in [1.82, 2.24) is 0 Å². The van der Waals surface area contributed by atoms with Crippen LogP contribution in [-0.4, -0.2) is 33.4 Å². The fourth-order valence-electron chi connectivity index (χ4n) is 3.08. The minimum absolute atomic E-state index is 0.159. The lowest BCUT2D eigenvalue weighted by atomic mass is 9.88. The van der Waals surface area contributed by atoms with Gasteiger partial charge in [-0.2, -0.15) is 0 Å². The summed E-state index contributed by atoms with van der Waals surface area (Å²) in [4.78, 5) is 12.3. The highest BCUT2D eigenvalue weighted by Gasteiger charge is 2.29. The summed E-state index contributed by atoms with van der Waals surface area (Å²) in [5, 5.41) is 0. The summed E-state index contributed by atoms with van der Waals surface area (Å²) in [5.41, 5.74) is 1.51. The fraction of sp³-hybridized carbons (Fsp3) is 0.444. The van der Waals surface area contributed by atoms with Crippen molar-refractivity contribution in [3.05, 3.63) is 53.6 Å². The van der Waals surface area contributed by atoms with Crippen molar-refractivity contribution in [3.63, 3.8) is 0 Å². The largest absolute Gasteiger partial charge is 0.497 e. The van der Waals surface area contributed by atoms with E-state index in [9.17, 15) is 4.79 Å². The SMILES string of the molecule is COc1cccc(/C=C/c2ccc(OC)c(OCCCC(C)(C)C(=O)OCC(C)C)c2)c1. The first-order chi connectivity index (χ1) is 15.2. The predicted octanol–water partition coefficient (Wildman–Crippen LogP) is 6.26. The normalized spacial score (nSPS) is 11.6. The number of rotatable bonds is 12. The maximum Gasteiger partial charge on any atom is 0.311 e. The summed E-state index contributed by atoms with van der Waals surface area (Å²) in [6.07, 6.45) is 5.47. The van der Waals surface area contributed by atoms with Crippen LogP contribution in [0, 0.1) is 11.3 Å². The van der Waals surface area contributed by atoms with Crippen molar-refractivity contribution in [3.8, 4) is 17.2 Å². The number of methoxy groups -OCH3 is 2. The fourth-order valence-corrected chi connectivity index (χ4v) is 3.08. The quantitative estimate of drug-likeness (QED) is 0.222. The van der Waals surface area contributed by atoms with Crippen molar-refractivity contribution < 1.29 is 23.7 Å². The van der Waals surface area contributed by atoms with E-state index < -0.39 is 5.41 Å². The molecule has 0 unspecified atom stereocenters. The van der Waals surface area contributed by atoms with Gasteiger partial charge < -0.3 is 18.9 Å². The molecule has 0 aliphatic heterocycles. The van der Waals surface area contributed by atoms with Crippen LogP contribution in [0.4, 0.5) is 0 Å². The van der Waals surface area contributed by atoms with Crippen LogP contribution in [0.1, 0.15) is 51.7 Å². The van der Waals surface area contributed by atoms with Gasteiger partial charge in [0, 0.05) is 0 Å². The standard InChI is InChI=1S/C27H36O5/c1-20(2)19-32-26(28)27(3,4)15-8-16-31-25-18-22(13-14-24(25)30-6)12-11-21-9-7-10-23(17-21)29-5/h7,9-14,17-18,20H,8,15-16,19H2,1-6H3/b12-11+. The van der Waals surface area contributed by atoms with Crippen LogP contribution >= 0.6 is 0 Å². The van der Waals surface area contributed by atoms with Crippen LogP contribution in [0.15, 0.2) is 42.5 Å². The van der Waals surface area contributed by atoms with E-state index in [1.165, 1.54) is 0 Å². The molecule has 2 aromatic carbocycles. The third kappa shape index (κ3) is 7.95. The molecule has 0 amide bonds. The van der Waals surface area contributed by atoms with Gasteiger partial charge in [-0.1, -0.05) is 44.2 Å². The van der Waals surface area contributed by atoms with Gasteiger partial charge in [0.1, 0.15) is 5.75 Å². The zero-order valence-corrected chi connectivity index (χ0v) is 20.1. The Morgan fingerprint density at radius 2 is 1.69 bits per heavy atom. The second-order valence-corrected chi connectivity index (χ2v) is 8.85. The van der Waals surface area contributed by atoms with Gasteiger partial charge in [0.25, 0.3) is 0 Å². The Kier molecular flexibility index (Phi) is 9.63. The van der Waals surface area contributed by atoms with Crippen LogP contribution in [-0.2, 0) is 9.53 Å². The number of carbonyl (C=O) groups excluding carboxylic acids is 1. The van der Waals surface area contributed by atoms with Crippen LogP contribution in [0.5, 0.6) is 17.2 Å². The predicted molar refractivity (Wildman–Crippen MR) is 129 cm³/mol. The lowest BCUT2D eigenvalue weighted by Gasteiger charge is -2.23. The second-order valence-electron chi connectivity index (χ2n) is 8.85. The molecule has 5 heteroatoms. The minimum atomic E-state index is -0.538. The van der Waals surface area contributed by atoms with Gasteiger partial charge in [0.2, 0.25) is 0 Å². The maximum atomic E-state index is 12.3. The third-order valence-corrected chi connectivity index (χ3v) is 5.05. The minimum Gasteiger partial charge on any atom is -0.497 e. The molecule has 0 heterocycles. The lowest BCUT2D eigenvalue weighted by Crippen LogP contribution is -2.28. The van der Waals surface area contributed by atoms with E-state index in [-0.39, 0.29) is 5.97 Å². The summed E-state index contributed by atoms with van der Waals surface area (Å²) in [5.74, 6) is 2.35. The molecule has 0 atom stereocenters. The van der Waals surface area contributed by atoms with Gasteiger partial charge in [-0.25, -0.2) is 0 Å². The Bertz CT molecular complexity index is 899. The van der Waals surface area contributed by atoms with Crippen molar-refractivity contribution >= 4 is 18.1 Å². The van der Waals surface area contributed by atoms with Gasteiger partial charge >= 0.3 is 5.97 Å². The molecule has 2 aromatic rings. The number of benzene rings is 2. The Morgan fingerprint density at radius 3 is 2.34 bits per heavy atom. The number of ether oxygens (including phenoxy) is 4. The van der Waals surface area contributed by atoms with Crippen molar-refractivity contribution in [2.75, 3.05) is 27.4 Å². The molecule has 0 saturated carbocycles. The first-order valence-electron chi connectivity index (χ1n) is 11.1. The van der Waals surface area contributed by atoms with E-state index in [2.05, 4.69) is 0 Å². The average Bonchev–Trinajstić information content (AvgIpc) is 2.79. The Morgan fingerprint density at radius 1 is 0.969 bits per heavy atom. The molecule has 32 heavy (non-hydrogen) atoms. The Hall–Kier alpha value is -2.95. The molecule has 0 N–H and O–H groups in total. The van der Waals surface area contributed by atoms with Crippen LogP contribution < -0.4 is 14.2 Å². The van der Waals surface area contributed by atoms with Crippen molar-refractivity contribution in [2.24, 2.45) is 11.3 Å². The topological polar surface area (TPSA) is 54.0 Å². The summed E-state index contributed by atoms with van der Waals surface area (Å²) in [7, 11) is 3.29. The summed E-state index contributed by atoms with van der Waals surface area (Å²) in [6, 6.07) is 13.7. The molecule has 0 aromatic heterocycles. The van der Waals surface area contributed by atoms with Gasteiger partial charge in [0.05, 0.1) is 32.8 Å². The number of hydrogen-bond donors (Lipinski definition) is 0. The zero-order chi connectivity index (χ0) is 23.6. The van der Waals surface area contributed by atoms with E-state index in [1.807, 2.05) is 82.3 Å². The molecule has 0 spiro atoms. The van der Waals surface area contributed by atoms with E-state index >= 15 is 0 Å². The first-order valence-corrected chi connectivity index (χ1v) is 11.1. The van der Waals surface area contributed by atoms with E-state index in [1.54, 1.807) is 14.2 Å². The molecule has 0 aliphatic carbocycles. The Balaban J connectivity index is 1.96. The highest BCUT2D eigenvalue weighted by Crippen LogP contribution is 2.30. The van der Waals surface area contributed by atoms with E-state index in [4.69, 9.17) is 18.9 Å². The molecular weight excluding hydrogens is 404 g/mol. The van der Waals surface area contributed by atoms with Gasteiger partial charge in [-0.15, -0.1) is 0 Å². The molecule has 0 saturated heterocycles.